The second kappa shape index (κ2) is 5.59. The molecule has 0 aromatic heterocycles. The Morgan fingerprint density at radius 2 is 1.86 bits per heavy atom. The van der Waals surface area contributed by atoms with Crippen LogP contribution in [0.5, 0.6) is 0 Å². The van der Waals surface area contributed by atoms with Crippen LogP contribution in [-0.4, -0.2) is 11.5 Å². The molecule has 1 aliphatic rings. The predicted octanol–water partition coefficient (Wildman–Crippen LogP) is 2.81. The number of amidine groups is 1. The lowest BCUT2D eigenvalue weighted by Gasteiger charge is -2.22. The molecule has 0 saturated heterocycles. The van der Waals surface area contributed by atoms with Crippen LogP contribution in [0.3, 0.4) is 0 Å². The number of hydrogen-bond donors (Lipinski definition) is 1. The fraction of sp³-hybridized carbons (Fsp3) is 0.118. The molecule has 102 valence electrons. The number of rotatable bonds is 2. The van der Waals surface area contributed by atoms with E-state index in [1.807, 2.05) is 36.4 Å². The first-order valence-electron chi connectivity index (χ1n) is 6.73. The van der Waals surface area contributed by atoms with Crippen LogP contribution in [0.4, 0.5) is 0 Å². The Labute approximate surface area is 123 Å². The SMILES string of the molecule is N#Cc1cccc(C2=NN=C(N)CC2c2ccccc2)c1. The molecule has 4 heteroatoms. The van der Waals surface area contributed by atoms with Crippen molar-refractivity contribution >= 4 is 11.5 Å². The van der Waals surface area contributed by atoms with Gasteiger partial charge in [0.25, 0.3) is 0 Å². The van der Waals surface area contributed by atoms with Gasteiger partial charge in [-0.25, -0.2) is 0 Å². The largest absolute Gasteiger partial charge is 0.386 e. The van der Waals surface area contributed by atoms with E-state index in [4.69, 9.17) is 11.0 Å². The van der Waals surface area contributed by atoms with Crippen molar-refractivity contribution in [3.63, 3.8) is 0 Å². The van der Waals surface area contributed by atoms with Crippen molar-refractivity contribution in [3.05, 3.63) is 71.3 Å². The molecule has 0 spiro atoms. The van der Waals surface area contributed by atoms with Crippen molar-refractivity contribution in [1.29, 1.82) is 5.26 Å². The molecule has 1 unspecified atom stereocenters. The van der Waals surface area contributed by atoms with E-state index in [1.165, 1.54) is 0 Å². The van der Waals surface area contributed by atoms with Gasteiger partial charge in [0.05, 0.1) is 17.3 Å². The van der Waals surface area contributed by atoms with E-state index in [2.05, 4.69) is 28.4 Å². The maximum Gasteiger partial charge on any atom is 0.123 e. The summed E-state index contributed by atoms with van der Waals surface area (Å²) in [6.07, 6.45) is 0.639. The van der Waals surface area contributed by atoms with Crippen LogP contribution in [0.2, 0.25) is 0 Å². The van der Waals surface area contributed by atoms with Gasteiger partial charge >= 0.3 is 0 Å². The summed E-state index contributed by atoms with van der Waals surface area (Å²) in [6.45, 7) is 0. The molecule has 0 amide bonds. The Morgan fingerprint density at radius 3 is 2.62 bits per heavy atom. The Balaban J connectivity index is 2.06. The second-order valence-electron chi connectivity index (χ2n) is 4.94. The van der Waals surface area contributed by atoms with E-state index >= 15 is 0 Å². The van der Waals surface area contributed by atoms with Crippen LogP contribution in [0.25, 0.3) is 0 Å². The molecule has 4 nitrogen and oxygen atoms in total. The third kappa shape index (κ3) is 2.67. The van der Waals surface area contributed by atoms with Crippen LogP contribution in [0.15, 0.2) is 64.8 Å². The first-order chi connectivity index (χ1) is 10.3. The van der Waals surface area contributed by atoms with Crippen LogP contribution < -0.4 is 5.73 Å². The average molecular weight is 274 g/mol. The van der Waals surface area contributed by atoms with E-state index in [0.29, 0.717) is 17.8 Å². The van der Waals surface area contributed by atoms with Crippen molar-refractivity contribution in [2.45, 2.75) is 12.3 Å². The fourth-order valence-corrected chi connectivity index (χ4v) is 2.50. The molecule has 0 bridgehead atoms. The number of nitrogens with zero attached hydrogens (tertiary/aromatic N) is 3. The average Bonchev–Trinajstić information content (AvgIpc) is 2.55. The van der Waals surface area contributed by atoms with Crippen LogP contribution in [-0.2, 0) is 0 Å². The maximum absolute atomic E-state index is 9.05. The van der Waals surface area contributed by atoms with E-state index in [1.54, 1.807) is 6.07 Å². The molecular formula is C17H14N4. The standard InChI is InChI=1S/C17H14N4/c18-11-12-5-4-8-14(9-12)17-15(10-16(19)20-21-17)13-6-2-1-3-7-13/h1-9,15H,10H2,(H2,19,20). The van der Waals surface area contributed by atoms with Gasteiger partial charge < -0.3 is 5.73 Å². The summed E-state index contributed by atoms with van der Waals surface area (Å²) in [4.78, 5) is 0. The number of hydrogen-bond acceptors (Lipinski definition) is 4. The molecule has 2 aromatic rings. The van der Waals surface area contributed by atoms with Crippen LogP contribution in [0.1, 0.15) is 29.0 Å². The highest BCUT2D eigenvalue weighted by atomic mass is 15.2. The minimum Gasteiger partial charge on any atom is -0.386 e. The van der Waals surface area contributed by atoms with Crippen molar-refractivity contribution < 1.29 is 0 Å². The zero-order valence-electron chi connectivity index (χ0n) is 11.4. The molecule has 2 aromatic carbocycles. The zero-order chi connectivity index (χ0) is 14.7. The van der Waals surface area contributed by atoms with E-state index in [-0.39, 0.29) is 5.92 Å². The highest BCUT2D eigenvalue weighted by Gasteiger charge is 2.24. The van der Waals surface area contributed by atoms with Gasteiger partial charge in [-0.15, -0.1) is 5.10 Å². The van der Waals surface area contributed by atoms with Crippen molar-refractivity contribution in [3.8, 4) is 6.07 Å². The molecule has 21 heavy (non-hydrogen) atoms. The monoisotopic (exact) mass is 274 g/mol. The molecule has 1 heterocycles. The van der Waals surface area contributed by atoms with Gasteiger partial charge in [0, 0.05) is 12.3 Å². The molecule has 3 rings (SSSR count). The molecule has 0 aliphatic carbocycles. The summed E-state index contributed by atoms with van der Waals surface area (Å²) in [6, 6.07) is 19.7. The molecule has 2 N–H and O–H groups in total. The lowest BCUT2D eigenvalue weighted by molar-refractivity contribution is 0.887. The Kier molecular flexibility index (Phi) is 3.48. The smallest absolute Gasteiger partial charge is 0.123 e. The first-order valence-corrected chi connectivity index (χ1v) is 6.73. The van der Waals surface area contributed by atoms with Gasteiger partial charge in [-0.2, -0.15) is 10.4 Å². The number of benzene rings is 2. The van der Waals surface area contributed by atoms with E-state index in [9.17, 15) is 0 Å². The summed E-state index contributed by atoms with van der Waals surface area (Å²) in [5, 5.41) is 17.4. The Morgan fingerprint density at radius 1 is 1.05 bits per heavy atom. The Bertz CT molecular complexity index is 754. The molecule has 0 fully saturated rings. The second-order valence-corrected chi connectivity index (χ2v) is 4.94. The summed E-state index contributed by atoms with van der Waals surface area (Å²) in [5.74, 6) is 0.599. The van der Waals surface area contributed by atoms with Crippen molar-refractivity contribution in [2.24, 2.45) is 15.9 Å². The third-order valence-corrected chi connectivity index (χ3v) is 3.52. The lowest BCUT2D eigenvalue weighted by atomic mass is 9.86. The van der Waals surface area contributed by atoms with Crippen LogP contribution in [0, 0.1) is 11.3 Å². The quantitative estimate of drug-likeness (QED) is 0.914. The Hall–Kier alpha value is -2.93. The minimum absolute atomic E-state index is 0.0673. The highest BCUT2D eigenvalue weighted by molar-refractivity contribution is 6.08. The van der Waals surface area contributed by atoms with Crippen LogP contribution >= 0.6 is 0 Å². The van der Waals surface area contributed by atoms with Gasteiger partial charge in [0.1, 0.15) is 5.84 Å². The summed E-state index contributed by atoms with van der Waals surface area (Å²) in [7, 11) is 0. The van der Waals surface area contributed by atoms with Gasteiger partial charge in [-0.05, 0) is 23.3 Å². The van der Waals surface area contributed by atoms with Gasteiger partial charge in [0.15, 0.2) is 0 Å². The van der Waals surface area contributed by atoms with Gasteiger partial charge in [-0.1, -0.05) is 42.5 Å². The predicted molar refractivity (Wildman–Crippen MR) is 83.1 cm³/mol. The molecule has 1 atom stereocenters. The van der Waals surface area contributed by atoms with E-state index in [0.717, 1.165) is 16.8 Å². The third-order valence-electron chi connectivity index (χ3n) is 3.52. The summed E-state index contributed by atoms with van der Waals surface area (Å²) >= 11 is 0. The maximum atomic E-state index is 9.05. The molecule has 1 aliphatic heterocycles. The zero-order valence-corrected chi connectivity index (χ0v) is 11.4. The first kappa shape index (κ1) is 13.1. The van der Waals surface area contributed by atoms with Crippen molar-refractivity contribution in [2.75, 3.05) is 0 Å². The number of nitriles is 1. The fourth-order valence-electron chi connectivity index (χ4n) is 2.50. The molecular weight excluding hydrogens is 260 g/mol. The summed E-state index contributed by atoms with van der Waals surface area (Å²) in [5.41, 5.74) is 9.38. The molecule has 0 saturated carbocycles. The summed E-state index contributed by atoms with van der Waals surface area (Å²) < 4.78 is 0. The highest BCUT2D eigenvalue weighted by Crippen LogP contribution is 2.28. The lowest BCUT2D eigenvalue weighted by Crippen LogP contribution is -2.25. The topological polar surface area (TPSA) is 74.5 Å². The van der Waals surface area contributed by atoms with Gasteiger partial charge in [0.2, 0.25) is 0 Å². The minimum atomic E-state index is 0.0673. The molecule has 0 radical (unpaired) electrons. The van der Waals surface area contributed by atoms with Crippen molar-refractivity contribution in [1.82, 2.24) is 0 Å². The van der Waals surface area contributed by atoms with E-state index < -0.39 is 0 Å². The van der Waals surface area contributed by atoms with Gasteiger partial charge in [-0.3, -0.25) is 0 Å². The normalized spacial score (nSPS) is 17.6. The number of nitrogens with two attached hydrogens (primary N) is 1.